The van der Waals surface area contributed by atoms with Crippen molar-refractivity contribution in [3.05, 3.63) is 242 Å². The topological polar surface area (TPSA) is 51.6 Å². The Morgan fingerprint density at radius 1 is 0.329 bits per heavy atom. The number of nitrogens with zero attached hydrogens (tertiary/aromatic N) is 4. The minimum absolute atomic E-state index is 0.668. The molecule has 0 N–H and O–H groups in total. The molecule has 0 aliphatic heterocycles. The summed E-state index contributed by atoms with van der Waals surface area (Å²) in [5.41, 5.74) is 21.4. The van der Waals surface area contributed by atoms with Crippen LogP contribution < -0.4 is 0 Å². The van der Waals surface area contributed by atoms with Gasteiger partial charge in [0.15, 0.2) is 5.82 Å². The number of allylic oxidation sites excluding steroid dienone is 6. The highest BCUT2D eigenvalue weighted by atomic mass is 14.9. The summed E-state index contributed by atoms with van der Waals surface area (Å²) in [7, 11) is 0. The third-order valence-electron chi connectivity index (χ3n) is 13.7. The molecule has 70 heavy (non-hydrogen) atoms. The summed E-state index contributed by atoms with van der Waals surface area (Å²) in [4.78, 5) is 21.4. The van der Waals surface area contributed by atoms with E-state index in [-0.39, 0.29) is 0 Å². The molecule has 10 aromatic rings. The van der Waals surface area contributed by atoms with E-state index < -0.39 is 0 Å². The molecule has 0 unspecified atom stereocenters. The lowest BCUT2D eigenvalue weighted by atomic mass is 9.91. The molecule has 0 atom stereocenters. The molecular weight excluding hydrogens is 849 g/mol. The Morgan fingerprint density at radius 2 is 0.843 bits per heavy atom. The van der Waals surface area contributed by atoms with Crippen molar-refractivity contribution in [2.45, 2.75) is 38.5 Å². The summed E-state index contributed by atoms with van der Waals surface area (Å²) < 4.78 is 0. The highest BCUT2D eigenvalue weighted by molar-refractivity contribution is 6.04. The van der Waals surface area contributed by atoms with Crippen LogP contribution in [0.1, 0.15) is 49.8 Å². The van der Waals surface area contributed by atoms with E-state index in [0.717, 1.165) is 126 Å². The summed E-state index contributed by atoms with van der Waals surface area (Å²) in [6.07, 6.45) is 16.1. The van der Waals surface area contributed by atoms with Crippen LogP contribution in [0.3, 0.4) is 0 Å². The number of hydrogen-bond acceptors (Lipinski definition) is 4. The average Bonchev–Trinajstić information content (AvgIpc) is 3.46. The smallest absolute Gasteiger partial charge is 0.160 e. The molecule has 4 heteroatoms. The van der Waals surface area contributed by atoms with Gasteiger partial charge < -0.3 is 0 Å². The second-order valence-corrected chi connectivity index (χ2v) is 18.3. The zero-order valence-corrected chi connectivity index (χ0v) is 39.0. The third-order valence-corrected chi connectivity index (χ3v) is 13.7. The molecule has 334 valence electrons. The molecular formula is C66H50N4. The monoisotopic (exact) mass is 898 g/mol. The molecule has 2 aliphatic rings. The zero-order valence-electron chi connectivity index (χ0n) is 39.0. The summed E-state index contributed by atoms with van der Waals surface area (Å²) in [6, 6.07) is 73.1. The molecule has 3 aromatic heterocycles. The molecule has 12 rings (SSSR count). The second-order valence-electron chi connectivity index (χ2n) is 18.3. The summed E-state index contributed by atoms with van der Waals surface area (Å²) in [5.74, 6) is 0.668. The molecule has 7 aromatic carbocycles. The van der Waals surface area contributed by atoms with E-state index in [0.29, 0.717) is 5.82 Å². The van der Waals surface area contributed by atoms with Gasteiger partial charge in [-0.2, -0.15) is 0 Å². The van der Waals surface area contributed by atoms with Crippen molar-refractivity contribution < 1.29 is 0 Å². The Bertz CT molecular complexity index is 3540. The van der Waals surface area contributed by atoms with Crippen LogP contribution in [0.5, 0.6) is 0 Å². The van der Waals surface area contributed by atoms with Crippen LogP contribution >= 0.6 is 0 Å². The number of hydrogen-bond donors (Lipinski definition) is 0. The fourth-order valence-electron chi connectivity index (χ4n) is 9.95. The molecule has 0 bridgehead atoms. The normalized spacial score (nSPS) is 13.5. The van der Waals surface area contributed by atoms with Gasteiger partial charge in [-0.1, -0.05) is 194 Å². The van der Waals surface area contributed by atoms with Gasteiger partial charge in [0.1, 0.15) is 0 Å². The van der Waals surface area contributed by atoms with Gasteiger partial charge in [0.2, 0.25) is 0 Å². The SMILES string of the molecule is C1=CC(c2cc(C3=CCCCC3)cc(-c3ccc(-c4nc(-c5ccc(-c6cc(-c7ccccc7)nc(-c7ccccc7)c6)cc5)nc5c(-c6ccccc6)cc(-c6ccccc6)cc45)cc3)n2)=CCC1. The first-order valence-corrected chi connectivity index (χ1v) is 24.6. The molecule has 3 heterocycles. The van der Waals surface area contributed by atoms with E-state index in [1.165, 1.54) is 29.6 Å². The highest BCUT2D eigenvalue weighted by Gasteiger charge is 2.20. The van der Waals surface area contributed by atoms with E-state index in [2.05, 4.69) is 218 Å². The maximum absolute atomic E-state index is 5.51. The maximum atomic E-state index is 5.51. The summed E-state index contributed by atoms with van der Waals surface area (Å²) in [5, 5.41) is 0.995. The van der Waals surface area contributed by atoms with Crippen molar-refractivity contribution in [2.24, 2.45) is 0 Å². The van der Waals surface area contributed by atoms with Gasteiger partial charge >= 0.3 is 0 Å². The maximum Gasteiger partial charge on any atom is 0.160 e. The lowest BCUT2D eigenvalue weighted by Crippen LogP contribution is -1.99. The lowest BCUT2D eigenvalue weighted by Gasteiger charge is -2.17. The average molecular weight is 899 g/mol. The lowest BCUT2D eigenvalue weighted by molar-refractivity contribution is 0.742. The number of pyridine rings is 2. The first-order valence-electron chi connectivity index (χ1n) is 24.6. The van der Waals surface area contributed by atoms with Crippen molar-refractivity contribution >= 4 is 22.0 Å². The van der Waals surface area contributed by atoms with Gasteiger partial charge in [-0.3, -0.25) is 0 Å². The van der Waals surface area contributed by atoms with Crippen LogP contribution in [0.25, 0.3) is 112 Å². The fraction of sp³-hybridized carbons (Fsp3) is 0.0909. The minimum Gasteiger partial charge on any atom is -0.248 e. The predicted molar refractivity (Wildman–Crippen MR) is 291 cm³/mol. The van der Waals surface area contributed by atoms with Gasteiger partial charge in [-0.25, -0.2) is 19.9 Å². The number of fused-ring (bicyclic) bond motifs is 1. The minimum atomic E-state index is 0.668. The molecule has 0 fully saturated rings. The first kappa shape index (κ1) is 42.7. The van der Waals surface area contributed by atoms with Gasteiger partial charge in [0.25, 0.3) is 0 Å². The standard InChI is InChI=1S/C66H50N4/c1-7-19-45(20-8-1)55-39-58(48-23-11-3-12-24-48)65-59(40-55)64(53-35-33-52(34-36-53)63-42-56(46-21-9-2-10-22-46)41-60(68-63)49-25-13-4-14-26-49)69-66(70-65)54-37-31-47(32-38-54)57-43-61(50-27-15-5-16-28-50)67-62(44-57)51-29-17-6-18-30-51/h1,3,5-8,11-13,15-21,23-44H,2,4,9-10,14,22H2. The number of rotatable bonds is 10. The summed E-state index contributed by atoms with van der Waals surface area (Å²) >= 11 is 0. The van der Waals surface area contributed by atoms with Crippen molar-refractivity contribution in [2.75, 3.05) is 0 Å². The van der Waals surface area contributed by atoms with E-state index in [9.17, 15) is 0 Å². The van der Waals surface area contributed by atoms with Crippen LogP contribution in [0.2, 0.25) is 0 Å². The van der Waals surface area contributed by atoms with Crippen LogP contribution in [-0.4, -0.2) is 19.9 Å². The van der Waals surface area contributed by atoms with E-state index in [1.54, 1.807) is 0 Å². The Morgan fingerprint density at radius 3 is 1.46 bits per heavy atom. The largest absolute Gasteiger partial charge is 0.248 e. The van der Waals surface area contributed by atoms with Crippen molar-refractivity contribution in [3.63, 3.8) is 0 Å². The third kappa shape index (κ3) is 8.84. The second kappa shape index (κ2) is 19.2. The predicted octanol–water partition coefficient (Wildman–Crippen LogP) is 17.4. The van der Waals surface area contributed by atoms with Gasteiger partial charge in [0.05, 0.1) is 34.0 Å². The Hall–Kier alpha value is -8.60. The van der Waals surface area contributed by atoms with E-state index in [4.69, 9.17) is 19.9 Å². The number of benzene rings is 7. The van der Waals surface area contributed by atoms with Crippen LogP contribution in [0, 0.1) is 0 Å². The molecule has 0 saturated carbocycles. The quantitative estimate of drug-likeness (QED) is 0.137. The molecule has 0 saturated heterocycles. The molecule has 2 aliphatic carbocycles. The van der Waals surface area contributed by atoms with E-state index in [1.807, 2.05) is 12.1 Å². The van der Waals surface area contributed by atoms with Gasteiger partial charge in [-0.05, 0) is 119 Å². The van der Waals surface area contributed by atoms with Crippen LogP contribution in [0.4, 0.5) is 0 Å². The fourth-order valence-corrected chi connectivity index (χ4v) is 9.95. The van der Waals surface area contributed by atoms with Gasteiger partial charge in [0, 0.05) is 38.8 Å². The summed E-state index contributed by atoms with van der Waals surface area (Å²) in [6.45, 7) is 0. The Labute approximate surface area is 410 Å². The molecule has 4 nitrogen and oxygen atoms in total. The molecule has 0 radical (unpaired) electrons. The van der Waals surface area contributed by atoms with Crippen molar-refractivity contribution in [1.29, 1.82) is 0 Å². The zero-order chi connectivity index (χ0) is 46.6. The molecule has 0 amide bonds. The van der Waals surface area contributed by atoms with E-state index >= 15 is 0 Å². The molecule has 0 spiro atoms. The van der Waals surface area contributed by atoms with Crippen molar-refractivity contribution in [3.8, 4) is 89.8 Å². The Balaban J connectivity index is 0.999. The van der Waals surface area contributed by atoms with Crippen molar-refractivity contribution in [1.82, 2.24) is 19.9 Å². The highest BCUT2D eigenvalue weighted by Crippen LogP contribution is 2.40. The van der Waals surface area contributed by atoms with Gasteiger partial charge in [-0.15, -0.1) is 0 Å². The van der Waals surface area contributed by atoms with Crippen LogP contribution in [-0.2, 0) is 0 Å². The number of aromatic nitrogens is 4. The Kier molecular flexibility index (Phi) is 11.7. The van der Waals surface area contributed by atoms with Crippen LogP contribution in [0.15, 0.2) is 231 Å². The first-order chi connectivity index (χ1) is 34.7.